The molecule has 24 heavy (non-hydrogen) atoms. The maximum Gasteiger partial charge on any atom is 0.171 e. The molecule has 0 aromatic rings. The highest BCUT2D eigenvalue weighted by atomic mass is 16.7. The number of unbranched alkanes of at least 4 members (excludes halogenated alkanes) is 1. The SMILES string of the molecule is CCCCN(CC)CC1COC2(CCC(C(C)(C)CC)CC2C)O1. The standard InChI is InChI=1S/C21H41NO2/c1-7-10-13-22(9-3)15-19-16-23-21(24-19)12-11-18(14-17(21)4)20(5,6)8-2/h17-19H,7-16H2,1-6H3. The summed E-state index contributed by atoms with van der Waals surface area (Å²) in [6, 6.07) is 0. The van der Waals surface area contributed by atoms with E-state index in [2.05, 4.69) is 46.4 Å². The van der Waals surface area contributed by atoms with E-state index in [1.165, 1.54) is 38.6 Å². The van der Waals surface area contributed by atoms with Crippen molar-refractivity contribution < 1.29 is 9.47 Å². The van der Waals surface area contributed by atoms with Gasteiger partial charge in [-0.25, -0.2) is 0 Å². The van der Waals surface area contributed by atoms with E-state index in [1.54, 1.807) is 0 Å². The van der Waals surface area contributed by atoms with Crippen LogP contribution in [0.2, 0.25) is 0 Å². The van der Waals surface area contributed by atoms with Gasteiger partial charge in [-0.15, -0.1) is 0 Å². The first-order valence-electron chi connectivity index (χ1n) is 10.4. The second kappa shape index (κ2) is 8.51. The van der Waals surface area contributed by atoms with Crippen LogP contribution >= 0.6 is 0 Å². The lowest BCUT2D eigenvalue weighted by Crippen LogP contribution is -2.46. The molecule has 3 nitrogen and oxygen atoms in total. The van der Waals surface area contributed by atoms with Gasteiger partial charge in [0.1, 0.15) is 0 Å². The van der Waals surface area contributed by atoms with Crippen LogP contribution in [0.4, 0.5) is 0 Å². The Morgan fingerprint density at radius 1 is 1.21 bits per heavy atom. The van der Waals surface area contributed by atoms with Gasteiger partial charge < -0.3 is 14.4 Å². The van der Waals surface area contributed by atoms with Gasteiger partial charge in [0.2, 0.25) is 0 Å². The number of hydrogen-bond donors (Lipinski definition) is 0. The van der Waals surface area contributed by atoms with Crippen LogP contribution in [0.25, 0.3) is 0 Å². The molecule has 142 valence electrons. The van der Waals surface area contributed by atoms with E-state index < -0.39 is 0 Å². The first-order valence-corrected chi connectivity index (χ1v) is 10.4. The number of rotatable bonds is 8. The zero-order valence-corrected chi connectivity index (χ0v) is 17.1. The van der Waals surface area contributed by atoms with Gasteiger partial charge in [-0.05, 0) is 43.7 Å². The van der Waals surface area contributed by atoms with Crippen molar-refractivity contribution in [3.63, 3.8) is 0 Å². The molecule has 1 saturated carbocycles. The molecule has 1 spiro atoms. The van der Waals surface area contributed by atoms with E-state index in [4.69, 9.17) is 9.47 Å². The van der Waals surface area contributed by atoms with Crippen LogP contribution in [0.1, 0.15) is 80.1 Å². The minimum atomic E-state index is -0.296. The molecule has 2 rings (SSSR count). The number of hydrogen-bond acceptors (Lipinski definition) is 3. The molecule has 3 heteroatoms. The molecular weight excluding hydrogens is 298 g/mol. The van der Waals surface area contributed by atoms with E-state index in [1.807, 2.05) is 0 Å². The van der Waals surface area contributed by atoms with Gasteiger partial charge in [0.15, 0.2) is 5.79 Å². The molecule has 0 bridgehead atoms. The molecule has 0 radical (unpaired) electrons. The first-order chi connectivity index (χ1) is 11.4. The molecule has 1 aliphatic carbocycles. The van der Waals surface area contributed by atoms with Crippen LogP contribution in [0, 0.1) is 17.3 Å². The van der Waals surface area contributed by atoms with E-state index in [-0.39, 0.29) is 11.9 Å². The lowest BCUT2D eigenvalue weighted by molar-refractivity contribution is -0.228. The van der Waals surface area contributed by atoms with Crippen LogP contribution in [0.15, 0.2) is 0 Å². The van der Waals surface area contributed by atoms with Crippen molar-refractivity contribution in [2.75, 3.05) is 26.2 Å². The Labute approximate surface area is 150 Å². The Morgan fingerprint density at radius 3 is 2.54 bits per heavy atom. The monoisotopic (exact) mass is 339 g/mol. The molecule has 1 heterocycles. The zero-order valence-electron chi connectivity index (χ0n) is 17.1. The average Bonchev–Trinajstić information content (AvgIpc) is 2.98. The van der Waals surface area contributed by atoms with Gasteiger partial charge in [-0.3, -0.25) is 0 Å². The van der Waals surface area contributed by atoms with Crippen molar-refractivity contribution in [3.8, 4) is 0 Å². The van der Waals surface area contributed by atoms with Crippen molar-refractivity contribution in [1.29, 1.82) is 0 Å². The van der Waals surface area contributed by atoms with E-state index in [9.17, 15) is 0 Å². The van der Waals surface area contributed by atoms with Crippen molar-refractivity contribution in [1.82, 2.24) is 4.90 Å². The van der Waals surface area contributed by atoms with Crippen LogP contribution < -0.4 is 0 Å². The van der Waals surface area contributed by atoms with Crippen LogP contribution in [-0.4, -0.2) is 43.0 Å². The second-order valence-corrected chi connectivity index (χ2v) is 8.82. The van der Waals surface area contributed by atoms with Gasteiger partial charge in [0.25, 0.3) is 0 Å². The zero-order chi connectivity index (χ0) is 17.8. The Morgan fingerprint density at radius 2 is 1.96 bits per heavy atom. The maximum atomic E-state index is 6.55. The third-order valence-electron chi connectivity index (χ3n) is 6.86. The van der Waals surface area contributed by atoms with Gasteiger partial charge in [-0.2, -0.15) is 0 Å². The topological polar surface area (TPSA) is 21.7 Å². The van der Waals surface area contributed by atoms with Crippen molar-refractivity contribution in [3.05, 3.63) is 0 Å². The Hall–Kier alpha value is -0.120. The summed E-state index contributed by atoms with van der Waals surface area (Å²) in [5.41, 5.74) is 0.438. The summed E-state index contributed by atoms with van der Waals surface area (Å²) in [6.45, 7) is 18.1. The molecule has 4 atom stereocenters. The number of ether oxygens (including phenoxy) is 2. The Balaban J connectivity index is 1.90. The number of nitrogens with zero attached hydrogens (tertiary/aromatic N) is 1. The fourth-order valence-electron chi connectivity index (χ4n) is 4.46. The maximum absolute atomic E-state index is 6.55. The van der Waals surface area contributed by atoms with Gasteiger partial charge in [0, 0.05) is 18.9 Å². The van der Waals surface area contributed by atoms with Crippen molar-refractivity contribution in [2.24, 2.45) is 17.3 Å². The average molecular weight is 340 g/mol. The fraction of sp³-hybridized carbons (Fsp3) is 1.00. The largest absolute Gasteiger partial charge is 0.347 e. The molecule has 0 N–H and O–H groups in total. The Bertz CT molecular complexity index is 384. The third-order valence-corrected chi connectivity index (χ3v) is 6.86. The van der Waals surface area contributed by atoms with E-state index in [0.717, 1.165) is 32.0 Å². The second-order valence-electron chi connectivity index (χ2n) is 8.82. The minimum Gasteiger partial charge on any atom is -0.347 e. The van der Waals surface area contributed by atoms with Crippen molar-refractivity contribution >= 4 is 0 Å². The molecule has 0 aromatic heterocycles. The summed E-state index contributed by atoms with van der Waals surface area (Å²) in [7, 11) is 0. The lowest BCUT2D eigenvalue weighted by Gasteiger charge is -2.46. The predicted molar refractivity (Wildman–Crippen MR) is 101 cm³/mol. The number of likely N-dealkylation sites (N-methyl/N-ethyl adjacent to an activating group) is 1. The first kappa shape index (κ1) is 20.2. The van der Waals surface area contributed by atoms with E-state index in [0.29, 0.717) is 11.3 Å². The summed E-state index contributed by atoms with van der Waals surface area (Å²) < 4.78 is 12.8. The van der Waals surface area contributed by atoms with Crippen LogP contribution in [0.3, 0.4) is 0 Å². The highest BCUT2D eigenvalue weighted by Crippen LogP contribution is 2.49. The van der Waals surface area contributed by atoms with Gasteiger partial charge in [-0.1, -0.05) is 54.4 Å². The lowest BCUT2D eigenvalue weighted by atomic mass is 9.65. The summed E-state index contributed by atoms with van der Waals surface area (Å²) in [4.78, 5) is 2.52. The summed E-state index contributed by atoms with van der Waals surface area (Å²) in [6.07, 6.45) is 7.58. The molecule has 2 fully saturated rings. The molecule has 2 aliphatic rings. The van der Waals surface area contributed by atoms with Gasteiger partial charge >= 0.3 is 0 Å². The normalized spacial score (nSPS) is 34.4. The molecular formula is C21H41NO2. The van der Waals surface area contributed by atoms with Gasteiger partial charge in [0.05, 0.1) is 12.7 Å². The van der Waals surface area contributed by atoms with E-state index >= 15 is 0 Å². The van der Waals surface area contributed by atoms with Crippen LogP contribution in [0.5, 0.6) is 0 Å². The summed E-state index contributed by atoms with van der Waals surface area (Å²) >= 11 is 0. The molecule has 1 aliphatic heterocycles. The summed E-state index contributed by atoms with van der Waals surface area (Å²) in [5.74, 6) is 0.999. The fourth-order valence-corrected chi connectivity index (χ4v) is 4.46. The third kappa shape index (κ3) is 4.53. The smallest absolute Gasteiger partial charge is 0.171 e. The molecule has 1 saturated heterocycles. The molecule has 4 unspecified atom stereocenters. The molecule has 0 aromatic carbocycles. The predicted octanol–water partition coefficient (Wildman–Crippen LogP) is 5.09. The Kier molecular flexibility index (Phi) is 7.16. The van der Waals surface area contributed by atoms with Crippen LogP contribution in [-0.2, 0) is 9.47 Å². The minimum absolute atomic E-state index is 0.250. The van der Waals surface area contributed by atoms with Crippen molar-refractivity contribution in [2.45, 2.75) is 92.0 Å². The molecule has 0 amide bonds. The summed E-state index contributed by atoms with van der Waals surface area (Å²) in [5, 5.41) is 0. The highest BCUT2D eigenvalue weighted by Gasteiger charge is 2.50. The highest BCUT2D eigenvalue weighted by molar-refractivity contribution is 4.93. The quantitative estimate of drug-likeness (QED) is 0.614.